The van der Waals surface area contributed by atoms with Gasteiger partial charge in [-0.2, -0.15) is 0 Å². The van der Waals surface area contributed by atoms with Gasteiger partial charge in [0.1, 0.15) is 5.76 Å². The van der Waals surface area contributed by atoms with Crippen molar-refractivity contribution in [2.24, 2.45) is 7.05 Å². The summed E-state index contributed by atoms with van der Waals surface area (Å²) >= 11 is 5.91. The van der Waals surface area contributed by atoms with E-state index in [0.29, 0.717) is 40.5 Å². The molecule has 37 heavy (non-hydrogen) atoms. The Labute approximate surface area is 220 Å². The third-order valence-electron chi connectivity index (χ3n) is 7.00. The van der Waals surface area contributed by atoms with Crippen LogP contribution in [0.4, 0.5) is 0 Å². The third-order valence-corrected chi connectivity index (χ3v) is 7.25. The van der Waals surface area contributed by atoms with Crippen LogP contribution in [0.3, 0.4) is 0 Å². The van der Waals surface area contributed by atoms with Crippen LogP contribution in [-0.4, -0.2) is 33.1 Å². The van der Waals surface area contributed by atoms with E-state index in [1.807, 2.05) is 49.5 Å². The third kappa shape index (κ3) is 5.64. The Morgan fingerprint density at radius 3 is 2.70 bits per heavy atom. The van der Waals surface area contributed by atoms with Gasteiger partial charge < -0.3 is 19.4 Å². The number of aromatic nitrogens is 1. The molecule has 2 aromatic heterocycles. The summed E-state index contributed by atoms with van der Waals surface area (Å²) in [5, 5.41) is 14.9. The highest BCUT2D eigenvalue weighted by atomic mass is 35.5. The van der Waals surface area contributed by atoms with Crippen LogP contribution < -0.4 is 10.7 Å². The second-order valence-electron chi connectivity index (χ2n) is 9.64. The maximum Gasteiger partial charge on any atom is 0.224 e. The van der Waals surface area contributed by atoms with Gasteiger partial charge in [0.05, 0.1) is 24.5 Å². The van der Waals surface area contributed by atoms with Crippen molar-refractivity contribution >= 4 is 28.6 Å². The van der Waals surface area contributed by atoms with Crippen molar-refractivity contribution in [2.45, 2.75) is 44.5 Å². The summed E-state index contributed by atoms with van der Waals surface area (Å²) in [5.74, 6) is 0.434. The number of carbonyl (C=O) groups is 1. The van der Waals surface area contributed by atoms with Crippen LogP contribution in [0.5, 0.6) is 0 Å². The number of pyridine rings is 1. The van der Waals surface area contributed by atoms with E-state index in [0.717, 1.165) is 30.5 Å². The van der Waals surface area contributed by atoms with Crippen LogP contribution in [0, 0.1) is 0 Å². The molecule has 4 aromatic rings. The first-order chi connectivity index (χ1) is 17.9. The quantitative estimate of drug-likeness (QED) is 0.361. The Morgan fingerprint density at radius 2 is 1.95 bits per heavy atom. The fraction of sp³-hybridized carbons (Fsp3) is 0.310. The van der Waals surface area contributed by atoms with E-state index in [-0.39, 0.29) is 23.8 Å². The molecule has 1 aliphatic rings. The molecule has 2 aromatic carbocycles. The number of nitrogens with zero attached hydrogens (tertiary/aromatic N) is 2. The molecule has 0 spiro atoms. The number of fused-ring (bicyclic) bond motifs is 1. The second kappa shape index (κ2) is 10.9. The number of aliphatic hydroxyl groups excluding tert-OH is 1. The first kappa shape index (κ1) is 25.3. The number of furan rings is 1. The molecule has 7 nitrogen and oxygen atoms in total. The lowest BCUT2D eigenvalue weighted by molar-refractivity contribution is -0.120. The molecule has 8 heteroatoms. The largest absolute Gasteiger partial charge is 0.443 e. The lowest BCUT2D eigenvalue weighted by Gasteiger charge is -2.28. The zero-order valence-corrected chi connectivity index (χ0v) is 21.4. The molecular formula is C29H30ClN3O4. The Bertz CT molecular complexity index is 1450. The van der Waals surface area contributed by atoms with Crippen molar-refractivity contribution in [1.29, 1.82) is 0 Å². The summed E-state index contributed by atoms with van der Waals surface area (Å²) in [6, 6.07) is 18.7. The topological polar surface area (TPSA) is 87.7 Å². The number of hydrogen-bond acceptors (Lipinski definition) is 5. The molecule has 1 amide bonds. The van der Waals surface area contributed by atoms with Gasteiger partial charge in [0, 0.05) is 36.4 Å². The van der Waals surface area contributed by atoms with Gasteiger partial charge >= 0.3 is 0 Å². The molecule has 0 bridgehead atoms. The number of halogens is 1. The number of amides is 1. The minimum Gasteiger partial charge on any atom is -0.443 e. The van der Waals surface area contributed by atoms with E-state index < -0.39 is 6.10 Å². The number of hydrogen-bond donors (Lipinski definition) is 2. The van der Waals surface area contributed by atoms with Crippen molar-refractivity contribution < 1.29 is 14.3 Å². The Balaban J connectivity index is 1.29. The molecule has 0 radical (unpaired) electrons. The number of rotatable bonds is 8. The van der Waals surface area contributed by atoms with Crippen molar-refractivity contribution in [3.63, 3.8) is 0 Å². The zero-order valence-electron chi connectivity index (χ0n) is 20.7. The smallest absolute Gasteiger partial charge is 0.224 e. The molecule has 0 aliphatic carbocycles. The molecule has 2 N–H and O–H groups in total. The summed E-state index contributed by atoms with van der Waals surface area (Å²) in [7, 11) is 1.81. The summed E-state index contributed by atoms with van der Waals surface area (Å²) in [6.07, 6.45) is 2.94. The van der Waals surface area contributed by atoms with E-state index in [1.54, 1.807) is 29.0 Å². The monoisotopic (exact) mass is 519 g/mol. The predicted octanol–water partition coefficient (Wildman–Crippen LogP) is 4.34. The fourth-order valence-corrected chi connectivity index (χ4v) is 5.23. The molecule has 2 atom stereocenters. The van der Waals surface area contributed by atoms with E-state index in [2.05, 4.69) is 10.2 Å². The van der Waals surface area contributed by atoms with Crippen LogP contribution in [0.15, 0.2) is 76.1 Å². The van der Waals surface area contributed by atoms with Crippen LogP contribution in [-0.2, 0) is 31.4 Å². The summed E-state index contributed by atoms with van der Waals surface area (Å²) in [5.41, 5.74) is 2.51. The number of carbonyl (C=O) groups excluding carboxylic acids is 1. The zero-order chi connectivity index (χ0) is 25.9. The number of nitrogens with one attached hydrogen (secondary N) is 1. The van der Waals surface area contributed by atoms with Crippen molar-refractivity contribution in [3.05, 3.63) is 105 Å². The molecule has 5 rings (SSSR count). The number of benzene rings is 2. The first-order valence-corrected chi connectivity index (χ1v) is 12.9. The molecule has 1 saturated heterocycles. The van der Waals surface area contributed by atoms with Gasteiger partial charge in [0.15, 0.2) is 5.43 Å². The van der Waals surface area contributed by atoms with Gasteiger partial charge in [-0.1, -0.05) is 54.1 Å². The van der Waals surface area contributed by atoms with E-state index in [1.165, 1.54) is 0 Å². The second-order valence-corrected chi connectivity index (χ2v) is 10.1. The van der Waals surface area contributed by atoms with Crippen LogP contribution in [0.1, 0.15) is 41.4 Å². The highest BCUT2D eigenvalue weighted by Crippen LogP contribution is 2.31. The van der Waals surface area contributed by atoms with E-state index in [9.17, 15) is 14.7 Å². The maximum absolute atomic E-state index is 13.2. The van der Waals surface area contributed by atoms with Crippen LogP contribution in [0.25, 0.3) is 11.1 Å². The highest BCUT2D eigenvalue weighted by Gasteiger charge is 2.32. The predicted molar refractivity (Wildman–Crippen MR) is 143 cm³/mol. The van der Waals surface area contributed by atoms with E-state index >= 15 is 0 Å². The first-order valence-electron chi connectivity index (χ1n) is 12.5. The Hall–Kier alpha value is -3.39. The van der Waals surface area contributed by atoms with Crippen LogP contribution in [0.2, 0.25) is 5.02 Å². The fourth-order valence-electron chi connectivity index (χ4n) is 5.10. The normalized spacial score (nSPS) is 16.8. The molecule has 3 heterocycles. The molecule has 1 fully saturated rings. The maximum atomic E-state index is 13.2. The molecule has 0 saturated carbocycles. The number of aliphatic hydroxyl groups is 1. The van der Waals surface area contributed by atoms with E-state index in [4.69, 9.17) is 16.0 Å². The lowest BCUT2D eigenvalue weighted by atomic mass is 10.0. The average molecular weight is 520 g/mol. The summed E-state index contributed by atoms with van der Waals surface area (Å²) < 4.78 is 7.83. The van der Waals surface area contributed by atoms with Gasteiger partial charge in [-0.15, -0.1) is 0 Å². The molecule has 0 unspecified atom stereocenters. The Kier molecular flexibility index (Phi) is 7.46. The SMILES string of the molecule is Cn1cc(CC(=O)NCc2ccc(Cl)cc2)c(=O)c2cc(CN3CCC[C@@H]3[C@@H](O)c3ccccc3)oc21. The van der Waals surface area contributed by atoms with Crippen molar-refractivity contribution in [2.75, 3.05) is 6.54 Å². The average Bonchev–Trinajstić information content (AvgIpc) is 3.55. The minimum absolute atomic E-state index is 0.0176. The minimum atomic E-state index is -0.586. The van der Waals surface area contributed by atoms with Crippen molar-refractivity contribution in [1.82, 2.24) is 14.8 Å². The lowest BCUT2D eigenvalue weighted by Crippen LogP contribution is -2.33. The van der Waals surface area contributed by atoms with Gasteiger partial charge in [0.2, 0.25) is 11.6 Å². The number of likely N-dealkylation sites (tertiary alicyclic amines) is 1. The molecule has 1 aliphatic heterocycles. The summed E-state index contributed by atoms with van der Waals surface area (Å²) in [4.78, 5) is 28.0. The van der Waals surface area contributed by atoms with Gasteiger partial charge in [-0.05, 0) is 48.7 Å². The summed E-state index contributed by atoms with van der Waals surface area (Å²) in [6.45, 7) is 1.71. The Morgan fingerprint density at radius 1 is 1.19 bits per heavy atom. The molecule has 192 valence electrons. The van der Waals surface area contributed by atoms with Gasteiger partial charge in [-0.25, -0.2) is 0 Å². The van der Waals surface area contributed by atoms with Crippen LogP contribution >= 0.6 is 11.6 Å². The standard InChI is InChI=1S/C29H30ClN3O4/c1-32-17-21(14-26(34)31-16-19-9-11-22(30)12-10-19)27(35)24-15-23(37-29(24)32)18-33-13-5-8-25(33)28(36)20-6-3-2-4-7-20/h2-4,6-7,9-12,15,17,25,28,36H,5,8,13-14,16,18H2,1H3,(H,31,34)/t25-,28+/m1/s1. The van der Waals surface area contributed by atoms with Crippen molar-refractivity contribution in [3.8, 4) is 0 Å². The number of aryl methyl sites for hydroxylation is 1. The van der Waals surface area contributed by atoms with Gasteiger partial charge in [-0.3, -0.25) is 14.5 Å². The van der Waals surface area contributed by atoms with Gasteiger partial charge in [0.25, 0.3) is 0 Å². The highest BCUT2D eigenvalue weighted by molar-refractivity contribution is 6.30. The molecular weight excluding hydrogens is 490 g/mol.